The number of guanidine groups is 2. The van der Waals surface area contributed by atoms with Crippen LogP contribution >= 0.6 is 21.6 Å². The number of rotatable bonds is 56. The third kappa shape index (κ3) is 50.4. The smallest absolute Gasteiger partial charge is 0.307 e. The first-order chi connectivity index (χ1) is 37.3. The van der Waals surface area contributed by atoms with Gasteiger partial charge >= 0.3 is 11.9 Å². The molecule has 0 spiro atoms. The molecule has 0 saturated heterocycles. The van der Waals surface area contributed by atoms with Crippen molar-refractivity contribution in [3.63, 3.8) is 0 Å². The van der Waals surface area contributed by atoms with Crippen LogP contribution in [0.4, 0.5) is 0 Å². The zero-order chi connectivity index (χ0) is 56.8. The van der Waals surface area contributed by atoms with Crippen molar-refractivity contribution >= 4 is 63.2 Å². The summed E-state index contributed by atoms with van der Waals surface area (Å²) in [5, 5.41) is 8.60. The average molecular weight is 1130 g/mol. The molecule has 0 aliphatic heterocycles. The molecule has 0 aromatic rings. The number of nitrogens with zero attached hydrogens (tertiary/aromatic N) is 3. The lowest BCUT2D eigenvalue weighted by Crippen LogP contribution is -2.52. The molecule has 21 heteroatoms. The van der Waals surface area contributed by atoms with E-state index >= 15 is 0 Å². The Morgan fingerprint density at radius 1 is 0.455 bits per heavy atom. The summed E-state index contributed by atoms with van der Waals surface area (Å²) in [5.74, 6) is -0.209. The summed E-state index contributed by atoms with van der Waals surface area (Å²) in [7, 11) is 3.26. The van der Waals surface area contributed by atoms with E-state index in [1.165, 1.54) is 128 Å². The number of hydrogen-bond acceptors (Lipinski definition) is 14. The third-order valence-electron chi connectivity index (χ3n) is 13.3. The van der Waals surface area contributed by atoms with Crippen molar-refractivity contribution in [2.45, 2.75) is 244 Å². The van der Waals surface area contributed by atoms with Crippen LogP contribution in [-0.4, -0.2) is 135 Å². The van der Waals surface area contributed by atoms with Crippen molar-refractivity contribution in [2.75, 3.05) is 70.5 Å². The molecule has 0 rings (SSSR count). The van der Waals surface area contributed by atoms with Gasteiger partial charge in [-0.2, -0.15) is 0 Å². The van der Waals surface area contributed by atoms with Crippen molar-refractivity contribution in [2.24, 2.45) is 44.4 Å². The molecule has 0 aromatic carbocycles. The summed E-state index contributed by atoms with van der Waals surface area (Å²) in [6.07, 6.45) is 33.7. The monoisotopic (exact) mass is 1130 g/mol. The van der Waals surface area contributed by atoms with Crippen molar-refractivity contribution < 1.29 is 33.4 Å². The first-order valence-electron chi connectivity index (χ1n) is 30.1. The maximum absolute atomic E-state index is 13.5. The molecular formula is C56H112N12O7S2. The minimum absolute atomic E-state index is 0.0108. The molecule has 0 saturated carbocycles. The van der Waals surface area contributed by atoms with Gasteiger partial charge in [0.25, 0.3) is 0 Å². The minimum atomic E-state index is -0.858. The van der Waals surface area contributed by atoms with Crippen molar-refractivity contribution in [3.05, 3.63) is 0 Å². The highest BCUT2D eigenvalue weighted by atomic mass is 33.1. The molecule has 0 aliphatic carbocycles. The van der Waals surface area contributed by atoms with Gasteiger partial charge in [-0.15, -0.1) is 0 Å². The Balaban J connectivity index is 5.04. The Morgan fingerprint density at radius 2 is 0.857 bits per heavy atom. The van der Waals surface area contributed by atoms with E-state index in [9.17, 15) is 24.0 Å². The molecule has 0 aliphatic rings. The van der Waals surface area contributed by atoms with E-state index < -0.39 is 24.0 Å². The fourth-order valence-electron chi connectivity index (χ4n) is 8.52. The predicted molar refractivity (Wildman–Crippen MR) is 322 cm³/mol. The number of hydrogen-bond donors (Lipinski definition) is 9. The highest BCUT2D eigenvalue weighted by Gasteiger charge is 2.24. The number of esters is 2. The van der Waals surface area contributed by atoms with Gasteiger partial charge < -0.3 is 64.7 Å². The number of nitrogens with one attached hydrogen (secondary N) is 3. The summed E-state index contributed by atoms with van der Waals surface area (Å²) in [4.78, 5) is 74.6. The van der Waals surface area contributed by atoms with Crippen LogP contribution in [0.2, 0.25) is 0 Å². The zero-order valence-electron chi connectivity index (χ0n) is 48.3. The molecule has 0 fully saturated rings. The predicted octanol–water partition coefficient (Wildman–Crippen LogP) is 7.59. The molecule has 15 N–H and O–H groups in total. The van der Waals surface area contributed by atoms with E-state index in [0.717, 1.165) is 31.4 Å². The van der Waals surface area contributed by atoms with E-state index in [1.807, 2.05) is 0 Å². The quantitative estimate of drug-likeness (QED) is 0.00931. The lowest BCUT2D eigenvalue weighted by molar-refractivity contribution is -0.144. The standard InChI is InChI=1S/C56H112N12O7S2/c1-3-5-7-9-11-13-15-17-19-21-23-27-43-74-50(69)34-40-68(41-35-51(70)75-44-28-24-22-20-18-16-14-12-10-8-6-4-2)42-46-77-76-45-39-64-54(73)49(67-53(72)48(58)32-30-38-66-56(61)62)33-25-26-36-63-52(71)47(57)31-29-37-65-55(59)60/h47-49H,3-46,57-58H2,1-2H3,(H,63,71)(H,64,73)(H,67,72)(H4,59,60,65)(H4,61,62,66). The normalized spacial score (nSPS) is 12.4. The Labute approximate surface area is 474 Å². The second kappa shape index (κ2) is 54.4. The first kappa shape index (κ1) is 73.5. The molecule has 77 heavy (non-hydrogen) atoms. The van der Waals surface area contributed by atoms with Gasteiger partial charge in [-0.25, -0.2) is 0 Å². The maximum Gasteiger partial charge on any atom is 0.307 e. The molecule has 0 aromatic heterocycles. The minimum Gasteiger partial charge on any atom is -0.466 e. The number of ether oxygens (including phenoxy) is 2. The SMILES string of the molecule is CCCCCCCCCCCCCCOC(=O)CCN(CCSSCCNC(=O)C(CCCCNC(=O)C(N)CCCN=C(N)N)NC(=O)C(N)CCCN=C(N)N)CCC(=O)OCCCCCCCCCCCCCC. The van der Waals surface area contributed by atoms with Crippen LogP contribution in [-0.2, 0) is 33.4 Å². The van der Waals surface area contributed by atoms with E-state index in [2.05, 4.69) is 44.7 Å². The molecule has 3 atom stereocenters. The molecular weight excluding hydrogens is 1020 g/mol. The van der Waals surface area contributed by atoms with Gasteiger partial charge in [-0.3, -0.25) is 34.0 Å². The molecule has 3 unspecified atom stereocenters. The number of carbonyl (C=O) groups is 5. The number of aliphatic imine (C=N–C) groups is 2. The van der Waals surface area contributed by atoms with E-state index in [-0.39, 0.29) is 48.5 Å². The van der Waals surface area contributed by atoms with E-state index in [1.54, 1.807) is 21.6 Å². The van der Waals surface area contributed by atoms with Crippen LogP contribution in [0, 0.1) is 0 Å². The molecule has 19 nitrogen and oxygen atoms in total. The van der Waals surface area contributed by atoms with Gasteiger partial charge in [0.05, 0.1) is 38.1 Å². The van der Waals surface area contributed by atoms with Gasteiger partial charge in [-0.05, 0) is 57.8 Å². The Bertz CT molecular complexity index is 1480. The third-order valence-corrected chi connectivity index (χ3v) is 15.7. The van der Waals surface area contributed by atoms with Gasteiger partial charge in [0.15, 0.2) is 11.9 Å². The largest absolute Gasteiger partial charge is 0.466 e. The number of unbranched alkanes of at least 4 members (excludes halogenated alkanes) is 23. The fourth-order valence-corrected chi connectivity index (χ4v) is 10.5. The van der Waals surface area contributed by atoms with Gasteiger partial charge in [0.2, 0.25) is 17.7 Å². The summed E-state index contributed by atoms with van der Waals surface area (Å²) in [6, 6.07) is -2.39. The molecule has 3 amide bonds. The number of carbonyl (C=O) groups excluding carboxylic acids is 5. The van der Waals surface area contributed by atoms with Crippen LogP contribution in [0.5, 0.6) is 0 Å². The highest BCUT2D eigenvalue weighted by molar-refractivity contribution is 8.76. The molecule has 450 valence electrons. The molecule has 0 radical (unpaired) electrons. The van der Waals surface area contributed by atoms with Gasteiger partial charge in [0.1, 0.15) is 6.04 Å². The second-order valence-electron chi connectivity index (χ2n) is 20.5. The van der Waals surface area contributed by atoms with Crippen LogP contribution in [0.15, 0.2) is 9.98 Å². The second-order valence-corrected chi connectivity index (χ2v) is 23.2. The lowest BCUT2D eigenvalue weighted by atomic mass is 10.1. The Morgan fingerprint density at radius 3 is 1.30 bits per heavy atom. The zero-order valence-corrected chi connectivity index (χ0v) is 50.0. The van der Waals surface area contributed by atoms with Crippen LogP contribution in [0.25, 0.3) is 0 Å². The number of nitrogens with two attached hydrogens (primary N) is 6. The Kier molecular flexibility index (Phi) is 51.9. The van der Waals surface area contributed by atoms with Gasteiger partial charge in [-0.1, -0.05) is 177 Å². The van der Waals surface area contributed by atoms with Crippen LogP contribution in [0.1, 0.15) is 226 Å². The Hall–Kier alpha value is -3.53. The highest BCUT2D eigenvalue weighted by Crippen LogP contribution is 2.21. The summed E-state index contributed by atoms with van der Waals surface area (Å²) < 4.78 is 11.2. The van der Waals surface area contributed by atoms with E-state index in [0.29, 0.717) is 110 Å². The summed E-state index contributed by atoms with van der Waals surface area (Å²) in [5.41, 5.74) is 33.7. The van der Waals surface area contributed by atoms with E-state index in [4.69, 9.17) is 43.9 Å². The molecule has 0 heterocycles. The van der Waals surface area contributed by atoms with Crippen molar-refractivity contribution in [3.8, 4) is 0 Å². The van der Waals surface area contributed by atoms with Crippen LogP contribution < -0.4 is 50.4 Å². The average Bonchev–Trinajstić information content (AvgIpc) is 3.40. The molecule has 0 bridgehead atoms. The van der Waals surface area contributed by atoms with Gasteiger partial charge in [0, 0.05) is 57.3 Å². The fraction of sp³-hybridized carbons (Fsp3) is 0.875. The number of amides is 3. The first-order valence-corrected chi connectivity index (χ1v) is 32.5. The van der Waals surface area contributed by atoms with Crippen molar-refractivity contribution in [1.82, 2.24) is 20.9 Å². The maximum atomic E-state index is 13.5. The lowest BCUT2D eigenvalue weighted by Gasteiger charge is -2.21. The summed E-state index contributed by atoms with van der Waals surface area (Å²) in [6.45, 7) is 8.44. The van der Waals surface area contributed by atoms with Crippen molar-refractivity contribution in [1.29, 1.82) is 0 Å². The summed E-state index contributed by atoms with van der Waals surface area (Å²) >= 11 is 0. The van der Waals surface area contributed by atoms with Crippen LogP contribution in [0.3, 0.4) is 0 Å². The topological polar surface area (TPSA) is 324 Å².